The van der Waals surface area contributed by atoms with Crippen LogP contribution in [0.15, 0.2) is 12.2 Å². The summed E-state index contributed by atoms with van der Waals surface area (Å²) in [5.74, 6) is 1.73. The summed E-state index contributed by atoms with van der Waals surface area (Å²) >= 11 is 4.19. The maximum Gasteiger partial charge on any atom is 0.0647 e. The summed E-state index contributed by atoms with van der Waals surface area (Å²) in [7, 11) is 0. The number of thiol groups is 1. The molecule has 0 aromatic heterocycles. The highest BCUT2D eigenvalue weighted by atomic mass is 32.1. The first-order chi connectivity index (χ1) is 5.81. The second-order valence-corrected chi connectivity index (χ2v) is 3.50. The molecule has 2 heteroatoms. The van der Waals surface area contributed by atoms with Crippen molar-refractivity contribution in [3.8, 4) is 0 Å². The van der Waals surface area contributed by atoms with Crippen molar-refractivity contribution < 1.29 is 4.74 Å². The zero-order valence-corrected chi connectivity index (χ0v) is 9.02. The fraction of sp³-hybridized carbons (Fsp3) is 0.800. The van der Waals surface area contributed by atoms with E-state index < -0.39 is 0 Å². The Labute approximate surface area is 81.6 Å². The molecule has 1 unspecified atom stereocenters. The smallest absolute Gasteiger partial charge is 0.0647 e. The first-order valence-electron chi connectivity index (χ1n) is 4.61. The van der Waals surface area contributed by atoms with E-state index in [9.17, 15) is 0 Å². The van der Waals surface area contributed by atoms with Gasteiger partial charge in [0.2, 0.25) is 0 Å². The van der Waals surface area contributed by atoms with E-state index >= 15 is 0 Å². The van der Waals surface area contributed by atoms with Gasteiger partial charge < -0.3 is 4.74 Å². The lowest BCUT2D eigenvalue weighted by atomic mass is 10.1. The number of allylic oxidation sites excluding steroid dienone is 1. The molecule has 12 heavy (non-hydrogen) atoms. The van der Waals surface area contributed by atoms with Crippen molar-refractivity contribution in [1.29, 1.82) is 0 Å². The Morgan fingerprint density at radius 2 is 2.17 bits per heavy atom. The van der Waals surface area contributed by atoms with Crippen molar-refractivity contribution in [2.45, 2.75) is 26.7 Å². The van der Waals surface area contributed by atoms with E-state index in [2.05, 4.69) is 19.6 Å². The molecule has 1 nitrogen and oxygen atoms in total. The molecule has 0 bridgehead atoms. The van der Waals surface area contributed by atoms with E-state index in [0.717, 1.165) is 31.3 Å². The van der Waals surface area contributed by atoms with Gasteiger partial charge in [-0.2, -0.15) is 12.6 Å². The molecule has 0 amide bonds. The minimum Gasteiger partial charge on any atom is -0.377 e. The molecule has 0 radical (unpaired) electrons. The van der Waals surface area contributed by atoms with Crippen molar-refractivity contribution in [1.82, 2.24) is 0 Å². The van der Waals surface area contributed by atoms with E-state index in [1.807, 2.05) is 19.1 Å². The van der Waals surface area contributed by atoms with Crippen molar-refractivity contribution in [3.05, 3.63) is 12.2 Å². The second-order valence-electron chi connectivity index (χ2n) is 3.05. The maximum absolute atomic E-state index is 5.38. The number of hydrogen-bond acceptors (Lipinski definition) is 2. The van der Waals surface area contributed by atoms with Gasteiger partial charge in [0.25, 0.3) is 0 Å². The van der Waals surface area contributed by atoms with Gasteiger partial charge in [-0.3, -0.25) is 0 Å². The topological polar surface area (TPSA) is 9.23 Å². The van der Waals surface area contributed by atoms with Gasteiger partial charge in [-0.25, -0.2) is 0 Å². The van der Waals surface area contributed by atoms with Crippen LogP contribution in [0.3, 0.4) is 0 Å². The zero-order chi connectivity index (χ0) is 9.23. The van der Waals surface area contributed by atoms with Crippen LogP contribution in [-0.2, 0) is 4.74 Å². The predicted octanol–water partition coefficient (Wildman–Crippen LogP) is 2.93. The Morgan fingerprint density at radius 1 is 1.42 bits per heavy atom. The van der Waals surface area contributed by atoms with Crippen molar-refractivity contribution >= 4 is 12.6 Å². The minimum atomic E-state index is 0.744. The maximum atomic E-state index is 5.38. The van der Waals surface area contributed by atoms with E-state index in [1.165, 1.54) is 6.42 Å². The number of hydrogen-bond donors (Lipinski definition) is 1. The summed E-state index contributed by atoms with van der Waals surface area (Å²) < 4.78 is 5.38. The van der Waals surface area contributed by atoms with Gasteiger partial charge in [-0.1, -0.05) is 19.1 Å². The second kappa shape index (κ2) is 9.14. The Balaban J connectivity index is 3.08. The summed E-state index contributed by atoms with van der Waals surface area (Å²) in [6.45, 7) is 5.88. The van der Waals surface area contributed by atoms with Gasteiger partial charge in [0.15, 0.2) is 0 Å². The molecule has 0 spiro atoms. The average Bonchev–Trinajstić information content (AvgIpc) is 2.05. The first-order valence-corrected chi connectivity index (χ1v) is 5.24. The summed E-state index contributed by atoms with van der Waals surface area (Å²) in [4.78, 5) is 0. The normalized spacial score (nSPS) is 13.9. The largest absolute Gasteiger partial charge is 0.377 e. The first kappa shape index (κ1) is 12.0. The highest BCUT2D eigenvalue weighted by Gasteiger charge is 1.99. The molecule has 0 saturated carbocycles. The molecule has 0 aliphatic rings. The molecule has 0 saturated heterocycles. The molecule has 0 aliphatic heterocycles. The van der Waals surface area contributed by atoms with E-state index in [4.69, 9.17) is 4.74 Å². The lowest BCUT2D eigenvalue weighted by Gasteiger charge is -2.08. The summed E-state index contributed by atoms with van der Waals surface area (Å²) in [6.07, 6.45) is 6.38. The van der Waals surface area contributed by atoms with Crippen LogP contribution >= 0.6 is 12.6 Å². The third-order valence-corrected chi connectivity index (χ3v) is 2.08. The van der Waals surface area contributed by atoms with E-state index in [0.29, 0.717) is 0 Å². The van der Waals surface area contributed by atoms with Crippen LogP contribution < -0.4 is 0 Å². The monoisotopic (exact) mass is 188 g/mol. The average molecular weight is 188 g/mol. The molecule has 0 aromatic rings. The Morgan fingerprint density at radius 3 is 2.75 bits per heavy atom. The molecule has 1 atom stereocenters. The van der Waals surface area contributed by atoms with Crippen molar-refractivity contribution in [2.24, 2.45) is 5.92 Å². The fourth-order valence-corrected chi connectivity index (χ4v) is 1.34. The molecule has 72 valence electrons. The lowest BCUT2D eigenvalue weighted by Crippen LogP contribution is -2.02. The van der Waals surface area contributed by atoms with E-state index in [-0.39, 0.29) is 0 Å². The standard InChI is InChI=1S/C10H20OS/c1-3-4-7-11-8-5-10(2)6-9-12/h3-4,10,12H,5-9H2,1-2H3. The molecule has 0 aliphatic carbocycles. The van der Waals surface area contributed by atoms with Gasteiger partial charge in [0, 0.05) is 6.61 Å². The van der Waals surface area contributed by atoms with Crippen LogP contribution in [0.2, 0.25) is 0 Å². The molecular formula is C10H20OS. The Hall–Kier alpha value is 0.0500. The van der Waals surface area contributed by atoms with Gasteiger partial charge in [-0.05, 0) is 31.4 Å². The summed E-state index contributed by atoms with van der Waals surface area (Å²) in [6, 6.07) is 0. The molecule has 0 heterocycles. The van der Waals surface area contributed by atoms with Crippen LogP contribution in [0.5, 0.6) is 0 Å². The van der Waals surface area contributed by atoms with Crippen LogP contribution in [0.1, 0.15) is 26.7 Å². The van der Waals surface area contributed by atoms with Crippen LogP contribution in [0.25, 0.3) is 0 Å². The third kappa shape index (κ3) is 8.15. The fourth-order valence-electron chi connectivity index (χ4n) is 0.897. The van der Waals surface area contributed by atoms with Crippen LogP contribution in [-0.4, -0.2) is 19.0 Å². The Bertz CT molecular complexity index is 112. The highest BCUT2D eigenvalue weighted by molar-refractivity contribution is 7.80. The molecule has 0 rings (SSSR count). The number of rotatable bonds is 7. The molecule has 0 fully saturated rings. The molecular weight excluding hydrogens is 168 g/mol. The van der Waals surface area contributed by atoms with Crippen molar-refractivity contribution in [3.63, 3.8) is 0 Å². The Kier molecular flexibility index (Phi) is 9.18. The predicted molar refractivity (Wildman–Crippen MR) is 57.9 cm³/mol. The summed E-state index contributed by atoms with van der Waals surface area (Å²) in [5.41, 5.74) is 0. The molecule has 0 aromatic carbocycles. The quantitative estimate of drug-likeness (QED) is 0.367. The minimum absolute atomic E-state index is 0.744. The highest BCUT2D eigenvalue weighted by Crippen LogP contribution is 2.07. The third-order valence-electron chi connectivity index (χ3n) is 1.83. The van der Waals surface area contributed by atoms with Gasteiger partial charge >= 0.3 is 0 Å². The van der Waals surface area contributed by atoms with Gasteiger partial charge in [0.05, 0.1) is 6.61 Å². The van der Waals surface area contributed by atoms with Gasteiger partial charge in [0.1, 0.15) is 0 Å². The van der Waals surface area contributed by atoms with E-state index in [1.54, 1.807) is 0 Å². The zero-order valence-electron chi connectivity index (χ0n) is 8.12. The lowest BCUT2D eigenvalue weighted by molar-refractivity contribution is 0.147. The molecule has 0 N–H and O–H groups in total. The SMILES string of the molecule is CC=CCOCCC(C)CCS. The summed E-state index contributed by atoms with van der Waals surface area (Å²) in [5, 5.41) is 0. The van der Waals surface area contributed by atoms with Crippen LogP contribution in [0, 0.1) is 5.92 Å². The van der Waals surface area contributed by atoms with Crippen LogP contribution in [0.4, 0.5) is 0 Å². The number of ether oxygens (including phenoxy) is 1. The van der Waals surface area contributed by atoms with Gasteiger partial charge in [-0.15, -0.1) is 0 Å². The van der Waals surface area contributed by atoms with Crippen molar-refractivity contribution in [2.75, 3.05) is 19.0 Å².